The van der Waals surface area contributed by atoms with Gasteiger partial charge in [-0.1, -0.05) is 345 Å². The van der Waals surface area contributed by atoms with Crippen LogP contribution in [0.5, 0.6) is 0 Å². The molecule has 17 rings (SSSR count). The molecule has 0 fully saturated rings. The van der Waals surface area contributed by atoms with Gasteiger partial charge in [-0.2, -0.15) is 0 Å². The third kappa shape index (κ3) is 18.6. The Labute approximate surface area is 796 Å². The van der Waals surface area contributed by atoms with Gasteiger partial charge in [0.05, 0.1) is 44.4 Å². The zero-order valence-electron chi connectivity index (χ0n) is 103. The maximum Gasteiger partial charge on any atom is 0.252 e. The van der Waals surface area contributed by atoms with Crippen molar-refractivity contribution in [2.75, 3.05) is 9.80 Å². The van der Waals surface area contributed by atoms with E-state index in [2.05, 4.69) is 42.7 Å². The van der Waals surface area contributed by atoms with Gasteiger partial charge in [0.2, 0.25) is 0 Å². The summed E-state index contributed by atoms with van der Waals surface area (Å²) in [6, 6.07) is 59.2. The second kappa shape index (κ2) is 32.1. The summed E-state index contributed by atoms with van der Waals surface area (Å²) in [6.07, 6.45) is -16.7. The van der Waals surface area contributed by atoms with Gasteiger partial charge in [-0.05, 0) is 285 Å². The molecule has 4 nitrogen and oxygen atoms in total. The van der Waals surface area contributed by atoms with E-state index >= 15 is 0 Å². The summed E-state index contributed by atoms with van der Waals surface area (Å²) in [7, 11) is 0. The van der Waals surface area contributed by atoms with E-state index in [1.54, 1.807) is 136 Å². The number of aromatic nitrogens is 2. The Balaban J connectivity index is 1.17. The van der Waals surface area contributed by atoms with Gasteiger partial charge in [0.1, 0.15) is 0 Å². The summed E-state index contributed by atoms with van der Waals surface area (Å²) in [5, 5.41) is 0.891. The molecule has 0 N–H and O–H groups in total. The van der Waals surface area contributed by atoms with Gasteiger partial charge in [0.15, 0.2) is 0 Å². The highest BCUT2D eigenvalue weighted by Crippen LogP contribution is 2.56. The number of para-hydroxylation sites is 2. The lowest BCUT2D eigenvalue weighted by Crippen LogP contribution is -2.61. The van der Waals surface area contributed by atoms with E-state index in [0.717, 1.165) is 0 Å². The standard InChI is InChI=1S/C122H139BN4/c1-114(2,3)70-78-36-32-40-86(56-78)95-62-84(76-120(19,20)21)63-96(87-41-33-37-79(57-87)71-115(4,5)6)112(95)126-107-68-91(124-103-46-30-28-44-93(103)99-60-82(48-54-105(99)124)74-118(13,14)15)50-52-101(107)123-102-53-51-92(125-104-47-31-29-45-94(104)100-61-83(49-55-106(100)125)75-119(16,17)18)69-108(102)127(110-67-90(122(25,26)27)66-109(126)111(110)123)113-97(88-42-34-38-80(58-88)72-116(7,8)9)64-85(77-121(22,23)24)65-98(113)89-43-35-39-81(59-89)73-117(10,11)12/h28-69H,70-77H2,1-27H3/i28D,29D,30D,31D,44D,45D,46D,47D,70D2,71D2,72D2,73D2,74D2,75D2,76D2,77D2. The molecule has 0 spiro atoms. The van der Waals surface area contributed by atoms with Crippen molar-refractivity contribution in [3.8, 4) is 55.9 Å². The lowest BCUT2D eigenvalue weighted by atomic mass is 9.33. The van der Waals surface area contributed by atoms with Crippen molar-refractivity contribution in [1.29, 1.82) is 0 Å². The fraction of sp³-hybridized carbons (Fsp3) is 0.361. The van der Waals surface area contributed by atoms with Crippen LogP contribution in [0.3, 0.4) is 0 Å². The van der Waals surface area contributed by atoms with Crippen LogP contribution in [0.2, 0.25) is 0 Å². The van der Waals surface area contributed by atoms with Gasteiger partial charge in [-0.25, -0.2) is 0 Å². The van der Waals surface area contributed by atoms with Crippen molar-refractivity contribution in [2.24, 2.45) is 43.3 Å². The van der Waals surface area contributed by atoms with Crippen LogP contribution in [-0.2, 0) is 56.4 Å². The SMILES string of the molecule is [2H]c1c([2H])c([2H])c2c(c1[2H])c1cc(C([2H])([2H])C(C)(C)C)ccc1n2-c1ccc2c(c1)N(c1c(-c3cccc(C([2H])([2H])C(C)(C)C)c3)cc(C([2H])([2H])C(C)(C)C)cc1-c1cccc(C([2H])([2H])C(C)(C)C)c1)c1cc(C(C)(C)C)cc3c1B2c1ccc(-n2c4ccc(C([2H])([2H])C(C)(C)C)cc4c4c([2H])c([2H])c([2H])c([2H])c42)cc1N3c1c(-c2cccc(C([2H])([2H])C(C)(C)C)c2)cc(C([2H])([2H])C(C)(C)C)cc1-c1cccc(C([2H])([2H])C(C)(C)C)c1. The smallest absolute Gasteiger partial charge is 0.252 e. The molecule has 2 aromatic heterocycles. The summed E-state index contributed by atoms with van der Waals surface area (Å²) in [5.41, 5.74) is 2.76. The molecule has 4 heterocycles. The predicted octanol–water partition coefficient (Wildman–Crippen LogP) is 32.6. The topological polar surface area (TPSA) is 16.3 Å². The monoisotopic (exact) mass is 1700 g/mol. The van der Waals surface area contributed by atoms with Crippen LogP contribution in [0, 0.1) is 43.3 Å². The molecular weight excluding hydrogens is 1530 g/mol. The van der Waals surface area contributed by atoms with Gasteiger partial charge in [-0.3, -0.25) is 0 Å². The van der Waals surface area contributed by atoms with E-state index in [-0.39, 0.29) is 56.1 Å². The fourth-order valence-electron chi connectivity index (χ4n) is 18.6. The highest BCUT2D eigenvalue weighted by atomic mass is 15.2. The van der Waals surface area contributed by atoms with Gasteiger partial charge in [0.25, 0.3) is 6.71 Å². The molecule has 650 valence electrons. The molecule has 0 atom stereocenters. The third-order valence-corrected chi connectivity index (χ3v) is 22.7. The first kappa shape index (κ1) is 63.1. The van der Waals surface area contributed by atoms with Gasteiger partial charge < -0.3 is 18.9 Å². The van der Waals surface area contributed by atoms with Crippen molar-refractivity contribution in [2.45, 2.75) is 243 Å². The van der Waals surface area contributed by atoms with Gasteiger partial charge in [-0.15, -0.1) is 0 Å². The number of benzene rings is 13. The molecule has 0 saturated carbocycles. The van der Waals surface area contributed by atoms with Crippen LogP contribution in [0.25, 0.3) is 99.5 Å². The molecule has 0 radical (unpaired) electrons. The Kier molecular flexibility index (Phi) is 16.0. The van der Waals surface area contributed by atoms with E-state index < -0.39 is 143 Å². The van der Waals surface area contributed by atoms with E-state index in [4.69, 9.17) is 0 Å². The summed E-state index contributed by atoms with van der Waals surface area (Å²) in [5.74, 6) is 0. The largest absolute Gasteiger partial charge is 0.310 e. The van der Waals surface area contributed by atoms with Crippen molar-refractivity contribution in [3.63, 3.8) is 0 Å². The molecule has 0 unspecified atom stereocenters. The molecule has 127 heavy (non-hydrogen) atoms. The zero-order chi connectivity index (χ0) is 112. The molecule has 15 aromatic rings. The predicted molar refractivity (Wildman–Crippen MR) is 555 cm³/mol. The molecule has 2 aliphatic heterocycles. The Morgan fingerprint density at radius 3 is 0.835 bits per heavy atom. The number of rotatable bonds is 16. The fourth-order valence-corrected chi connectivity index (χ4v) is 18.6. The van der Waals surface area contributed by atoms with Gasteiger partial charge in [0, 0.05) is 99.9 Å². The lowest BCUT2D eigenvalue weighted by Gasteiger charge is -2.46. The highest BCUT2D eigenvalue weighted by Gasteiger charge is 2.47. The minimum atomic E-state index is -2.22. The average molecular weight is 1700 g/mol. The number of hydrogen-bond acceptors (Lipinski definition) is 2. The van der Waals surface area contributed by atoms with E-state index in [1.165, 1.54) is 0 Å². The Bertz CT molecular complexity index is 7490. The summed E-state index contributed by atoms with van der Waals surface area (Å²) in [4.78, 5) is 4.33. The molecule has 13 aromatic carbocycles. The lowest BCUT2D eigenvalue weighted by molar-refractivity contribution is 0.410. The quantitative estimate of drug-likeness (QED) is 0.0897. The Hall–Kier alpha value is -10.9. The first-order chi connectivity index (χ1) is 69.0. The molecule has 0 aliphatic carbocycles. The van der Waals surface area contributed by atoms with Gasteiger partial charge >= 0.3 is 0 Å². The van der Waals surface area contributed by atoms with Crippen molar-refractivity contribution in [1.82, 2.24) is 9.13 Å². The number of anilines is 6. The molecule has 2 aliphatic rings. The normalized spacial score (nSPS) is 17.3. The van der Waals surface area contributed by atoms with Crippen LogP contribution in [0.1, 0.15) is 270 Å². The van der Waals surface area contributed by atoms with Crippen LogP contribution >= 0.6 is 0 Å². The third-order valence-electron chi connectivity index (χ3n) is 22.7. The van der Waals surface area contributed by atoms with Crippen LogP contribution in [0.4, 0.5) is 34.1 Å². The minimum absolute atomic E-state index is 0.0677. The second-order valence-corrected chi connectivity index (χ2v) is 44.5. The molecule has 0 amide bonds. The van der Waals surface area contributed by atoms with Crippen LogP contribution in [-0.4, -0.2) is 15.8 Å². The zero-order valence-corrected chi connectivity index (χ0v) is 79.5. The average Bonchev–Trinajstić information content (AvgIpc) is 1.24. The highest BCUT2D eigenvalue weighted by molar-refractivity contribution is 7.00. The number of hydrogen-bond donors (Lipinski definition) is 0. The maximum absolute atomic E-state index is 10.7. The van der Waals surface area contributed by atoms with Crippen LogP contribution < -0.4 is 26.2 Å². The summed E-state index contributed by atoms with van der Waals surface area (Å²) >= 11 is 0. The maximum atomic E-state index is 10.7. The van der Waals surface area contributed by atoms with E-state index in [0.29, 0.717) is 156 Å². The summed E-state index contributed by atoms with van der Waals surface area (Å²) < 4.78 is 246. The van der Waals surface area contributed by atoms with E-state index in [1.807, 2.05) is 234 Å². The van der Waals surface area contributed by atoms with Crippen molar-refractivity contribution >= 4 is 101 Å². The Morgan fingerprint density at radius 1 is 0.260 bits per heavy atom. The van der Waals surface area contributed by atoms with Crippen molar-refractivity contribution in [3.05, 3.63) is 305 Å². The number of fused-ring (bicyclic) bond motifs is 10. The first-order valence-corrected chi connectivity index (χ1v) is 45.0. The van der Waals surface area contributed by atoms with Crippen molar-refractivity contribution < 1.29 is 32.9 Å². The first-order valence-electron chi connectivity index (χ1n) is 57.0. The number of nitrogens with zero attached hydrogens (tertiary/aromatic N) is 4. The molecular formula is C122H139BN4. The molecule has 0 bridgehead atoms. The minimum Gasteiger partial charge on any atom is -0.310 e. The molecule has 0 saturated heterocycles. The summed E-state index contributed by atoms with van der Waals surface area (Å²) in [6.45, 7) is 49.0. The second-order valence-electron chi connectivity index (χ2n) is 44.5. The molecule has 5 heteroatoms. The van der Waals surface area contributed by atoms with Crippen LogP contribution in [0.15, 0.2) is 255 Å². The Morgan fingerprint density at radius 2 is 0.543 bits per heavy atom. The van der Waals surface area contributed by atoms with E-state index in [9.17, 15) is 32.9 Å².